The number of carbonyl (C=O) groups is 5. The van der Waals surface area contributed by atoms with Crippen LogP contribution in [0.2, 0.25) is 0 Å². The molecule has 2 N–H and O–H groups in total. The second-order valence-electron chi connectivity index (χ2n) is 18.0. The molecule has 11 rings (SSSR count). The Labute approximate surface area is 379 Å². The van der Waals surface area contributed by atoms with Crippen LogP contribution < -0.4 is 15.5 Å². The molecule has 0 bridgehead atoms. The summed E-state index contributed by atoms with van der Waals surface area (Å²) in [6.07, 6.45) is 7.72. The Bertz CT molecular complexity index is 2710. The van der Waals surface area contributed by atoms with E-state index in [4.69, 9.17) is 0 Å². The topological polar surface area (TPSA) is 156 Å². The number of aryl methyl sites for hydroxylation is 1. The van der Waals surface area contributed by atoms with Crippen molar-refractivity contribution in [3.63, 3.8) is 0 Å². The number of piperidine rings is 2. The molecule has 6 aliphatic rings. The summed E-state index contributed by atoms with van der Waals surface area (Å²) in [5, 5.41) is 7.42. The quantitative estimate of drug-likeness (QED) is 0.184. The summed E-state index contributed by atoms with van der Waals surface area (Å²) in [7, 11) is 0. The number of nitrogens with zero attached hydrogens (tertiary/aromatic N) is 8. The highest BCUT2D eigenvalue weighted by molar-refractivity contribution is 7.13. The molecule has 2 aromatic heterocycles. The zero-order chi connectivity index (χ0) is 44.3. The van der Waals surface area contributed by atoms with Crippen molar-refractivity contribution < 1.29 is 28.4 Å². The molecule has 0 spiro atoms. The molecule has 5 amide bonds. The van der Waals surface area contributed by atoms with Gasteiger partial charge in [-0.2, -0.15) is 0 Å². The summed E-state index contributed by atoms with van der Waals surface area (Å²) in [4.78, 5) is 84.7. The van der Waals surface area contributed by atoms with Gasteiger partial charge in [-0.3, -0.25) is 44.4 Å². The Balaban J connectivity index is 0.690. The fourth-order valence-electron chi connectivity index (χ4n) is 10.8. The average Bonchev–Trinajstić information content (AvgIpc) is 4.17. The number of amides is 5. The van der Waals surface area contributed by atoms with Crippen LogP contribution in [0.3, 0.4) is 0 Å². The Hall–Kier alpha value is -6.30. The molecule has 2 unspecified atom stereocenters. The lowest BCUT2D eigenvalue weighted by atomic mass is 9.98. The Morgan fingerprint density at radius 2 is 1.66 bits per heavy atom. The van der Waals surface area contributed by atoms with Gasteiger partial charge in [-0.15, -0.1) is 11.3 Å². The number of fused-ring (bicyclic) bond motifs is 3. The normalized spacial score (nSPS) is 20.9. The first-order chi connectivity index (χ1) is 31.6. The van der Waals surface area contributed by atoms with Gasteiger partial charge in [-0.1, -0.05) is 24.3 Å². The zero-order valence-electron chi connectivity index (χ0n) is 35.9. The van der Waals surface area contributed by atoms with Crippen LogP contribution in [0.25, 0.3) is 11.1 Å². The van der Waals surface area contributed by atoms with Crippen LogP contribution in [0.5, 0.6) is 0 Å². The number of nitrogens with one attached hydrogen (secondary N) is 2. The van der Waals surface area contributed by atoms with E-state index in [0.717, 1.165) is 106 Å². The Morgan fingerprint density at radius 1 is 0.846 bits per heavy atom. The maximum atomic E-state index is 16.0. The molecule has 5 aromatic rings. The number of aromatic nitrogens is 3. The van der Waals surface area contributed by atoms with Crippen LogP contribution >= 0.6 is 11.3 Å². The van der Waals surface area contributed by atoms with Crippen molar-refractivity contribution in [2.45, 2.75) is 82.8 Å². The average molecular weight is 897 g/mol. The minimum atomic E-state index is -1.04. The van der Waals surface area contributed by atoms with Gasteiger partial charge in [0.15, 0.2) is 11.2 Å². The van der Waals surface area contributed by atoms with E-state index < -0.39 is 35.6 Å². The van der Waals surface area contributed by atoms with E-state index >= 15 is 4.39 Å². The number of carbonyl (C=O) groups excluding carboxylic acids is 5. The van der Waals surface area contributed by atoms with E-state index in [0.29, 0.717) is 41.0 Å². The van der Waals surface area contributed by atoms with Crippen molar-refractivity contribution in [2.75, 3.05) is 49.5 Å². The third kappa shape index (κ3) is 7.78. The van der Waals surface area contributed by atoms with E-state index in [9.17, 15) is 24.0 Å². The van der Waals surface area contributed by atoms with Crippen LogP contribution in [0, 0.1) is 5.82 Å². The molecular formula is C48H49FN10O5S. The van der Waals surface area contributed by atoms with E-state index in [1.165, 1.54) is 22.3 Å². The maximum Gasteiger partial charge on any atom is 0.255 e. The molecule has 15 nitrogen and oxygen atoms in total. The van der Waals surface area contributed by atoms with Crippen molar-refractivity contribution in [2.24, 2.45) is 0 Å². The van der Waals surface area contributed by atoms with Crippen molar-refractivity contribution in [3.8, 4) is 11.1 Å². The highest BCUT2D eigenvalue weighted by Crippen LogP contribution is 2.39. The number of rotatable bonds is 10. The van der Waals surface area contributed by atoms with Gasteiger partial charge in [0.05, 0.1) is 18.6 Å². The fourth-order valence-corrected chi connectivity index (χ4v) is 11.3. The van der Waals surface area contributed by atoms with Crippen LogP contribution in [-0.4, -0.2) is 115 Å². The predicted molar refractivity (Wildman–Crippen MR) is 240 cm³/mol. The third-order valence-corrected chi connectivity index (χ3v) is 14.9. The van der Waals surface area contributed by atoms with E-state index in [-0.39, 0.29) is 35.9 Å². The highest BCUT2D eigenvalue weighted by atomic mass is 32.1. The monoisotopic (exact) mass is 896 g/mol. The Morgan fingerprint density at radius 3 is 2.43 bits per heavy atom. The molecule has 8 heterocycles. The maximum absolute atomic E-state index is 16.0. The lowest BCUT2D eigenvalue weighted by Crippen LogP contribution is -2.53. The summed E-state index contributed by atoms with van der Waals surface area (Å²) in [5.41, 5.74) is 7.24. The van der Waals surface area contributed by atoms with E-state index in [2.05, 4.69) is 53.5 Å². The first-order valence-electron chi connectivity index (χ1n) is 22.6. The Kier molecular flexibility index (Phi) is 10.8. The van der Waals surface area contributed by atoms with Crippen LogP contribution in [-0.2, 0) is 47.0 Å². The second kappa shape index (κ2) is 16.9. The number of hydrogen-bond acceptors (Lipinski definition) is 11. The van der Waals surface area contributed by atoms with Gasteiger partial charge in [0, 0.05) is 111 Å². The molecule has 334 valence electrons. The minimum absolute atomic E-state index is 0.0393. The van der Waals surface area contributed by atoms with Crippen LogP contribution in [0.15, 0.2) is 72.5 Å². The smallest absolute Gasteiger partial charge is 0.255 e. The summed E-state index contributed by atoms with van der Waals surface area (Å²) < 4.78 is 18.0. The number of halogens is 1. The van der Waals surface area contributed by atoms with Gasteiger partial charge < -0.3 is 19.3 Å². The summed E-state index contributed by atoms with van der Waals surface area (Å²) in [6, 6.07) is 16.2. The van der Waals surface area contributed by atoms with Crippen molar-refractivity contribution >= 4 is 51.7 Å². The number of benzene rings is 3. The van der Waals surface area contributed by atoms with Gasteiger partial charge >= 0.3 is 0 Å². The van der Waals surface area contributed by atoms with Crippen molar-refractivity contribution in [1.82, 2.24) is 39.5 Å². The largest absolute Gasteiger partial charge is 0.371 e. The molecule has 0 saturated carbocycles. The number of imide groups is 1. The van der Waals surface area contributed by atoms with Gasteiger partial charge in [-0.25, -0.2) is 14.4 Å². The molecule has 6 aliphatic heterocycles. The number of anilines is 2. The molecule has 17 heteroatoms. The second-order valence-corrected chi connectivity index (χ2v) is 18.9. The number of hydrogen-bond donors (Lipinski definition) is 2. The molecular weight excluding hydrogens is 848 g/mol. The summed E-state index contributed by atoms with van der Waals surface area (Å²) >= 11 is 1.29. The number of thiazole rings is 1. The molecule has 0 radical (unpaired) electrons. The summed E-state index contributed by atoms with van der Waals surface area (Å²) in [5.74, 6) is -2.13. The van der Waals surface area contributed by atoms with Crippen LogP contribution in [0.1, 0.15) is 86.9 Å². The standard InChI is InChI=1S/C48H49FN10O5S/c49-38-24-31(23-36-37(38)27-59(47(36)64)43(45(62)53-48-50-13-21-65-48)42-39-2-1-14-57(39)28-51-42)30-4-6-33(7-5-30)55-15-11-34(12-16-55)56-19-17-54(18-20-56)25-29-3-8-35-32(22-29)26-58(46(35)63)40-9-10-41(60)52-44(40)61/h3-8,13,21-24,28,34,40,43H,1-2,9-12,14-20,25-27H2,(H,50,53,62)(H,52,60,61). The predicted octanol–water partition coefficient (Wildman–Crippen LogP) is 4.98. The molecule has 0 aliphatic carbocycles. The third-order valence-electron chi connectivity index (χ3n) is 14.2. The lowest BCUT2D eigenvalue weighted by molar-refractivity contribution is -0.137. The first kappa shape index (κ1) is 41.4. The molecule has 3 saturated heterocycles. The lowest BCUT2D eigenvalue weighted by Gasteiger charge is -2.43. The van der Waals surface area contributed by atoms with E-state index in [1.807, 2.05) is 28.8 Å². The van der Waals surface area contributed by atoms with Crippen molar-refractivity contribution in [1.29, 1.82) is 0 Å². The SMILES string of the molecule is O=C1CCC(N2Cc3cc(CN4CCN(C5CCN(c6ccc(-c7cc(F)c8c(c7)C(=O)N(C(C(=O)Nc7nccs7)c7ncn9c7CCC9)C8)cc6)CC5)CC4)ccc3C2=O)C(=O)N1. The van der Waals surface area contributed by atoms with Crippen LogP contribution in [0.4, 0.5) is 15.2 Å². The molecule has 3 fully saturated rings. The number of imidazole rings is 1. The molecule has 65 heavy (non-hydrogen) atoms. The fraction of sp³-hybridized carbons (Fsp3) is 0.396. The van der Waals surface area contributed by atoms with Gasteiger partial charge in [0.1, 0.15) is 11.9 Å². The van der Waals surface area contributed by atoms with Gasteiger partial charge in [0.2, 0.25) is 11.8 Å². The molecule has 2 atom stereocenters. The summed E-state index contributed by atoms with van der Waals surface area (Å²) in [6.45, 7) is 7.73. The highest BCUT2D eigenvalue weighted by Gasteiger charge is 2.43. The van der Waals surface area contributed by atoms with Crippen molar-refractivity contribution in [3.05, 3.63) is 118 Å². The van der Waals surface area contributed by atoms with E-state index in [1.54, 1.807) is 28.9 Å². The molecule has 3 aromatic carbocycles. The van der Waals surface area contributed by atoms with Gasteiger partial charge in [0.25, 0.3) is 17.7 Å². The minimum Gasteiger partial charge on any atom is -0.371 e. The zero-order valence-corrected chi connectivity index (χ0v) is 36.7. The number of piperazine rings is 1. The first-order valence-corrected chi connectivity index (χ1v) is 23.5. The van der Waals surface area contributed by atoms with Gasteiger partial charge in [-0.05, 0) is 84.7 Å².